The van der Waals surface area contributed by atoms with Gasteiger partial charge in [0.2, 0.25) is 5.75 Å². The highest BCUT2D eigenvalue weighted by atomic mass is 16.5. The lowest BCUT2D eigenvalue weighted by atomic mass is 10.1. The van der Waals surface area contributed by atoms with Gasteiger partial charge in [0.1, 0.15) is 0 Å². The fraction of sp³-hybridized carbons (Fsp3) is 0.316. The molecule has 2 N–H and O–H groups in total. The van der Waals surface area contributed by atoms with E-state index in [1.807, 2.05) is 30.3 Å². The third kappa shape index (κ3) is 3.47. The van der Waals surface area contributed by atoms with Crippen molar-refractivity contribution >= 4 is 11.7 Å². The molecule has 2 aromatic carbocycles. The van der Waals surface area contributed by atoms with E-state index in [0.717, 1.165) is 18.4 Å². The molecule has 2 amide bonds. The molecule has 0 saturated heterocycles. The summed E-state index contributed by atoms with van der Waals surface area (Å²) in [5.41, 5.74) is 1.41. The molecule has 1 aliphatic rings. The standard InChI is InChI=1S/C19H22N2O4/c1-23-15-11-14(12-16(24-2)17(15)25-3)20-18(22)21-19(9-10-19)13-7-5-4-6-8-13/h4-8,11-12H,9-10H2,1-3H3,(H2,20,21,22). The number of rotatable bonds is 6. The monoisotopic (exact) mass is 342 g/mol. The van der Waals surface area contributed by atoms with Gasteiger partial charge in [-0.15, -0.1) is 0 Å². The highest BCUT2D eigenvalue weighted by molar-refractivity contribution is 5.91. The topological polar surface area (TPSA) is 68.8 Å². The highest BCUT2D eigenvalue weighted by Crippen LogP contribution is 2.45. The van der Waals surface area contributed by atoms with Crippen LogP contribution >= 0.6 is 0 Å². The average molecular weight is 342 g/mol. The molecule has 0 atom stereocenters. The van der Waals surface area contributed by atoms with Gasteiger partial charge in [-0.05, 0) is 18.4 Å². The molecule has 132 valence electrons. The molecule has 25 heavy (non-hydrogen) atoms. The van der Waals surface area contributed by atoms with E-state index in [-0.39, 0.29) is 11.6 Å². The number of carbonyl (C=O) groups is 1. The van der Waals surface area contributed by atoms with Crippen LogP contribution in [0.3, 0.4) is 0 Å². The first kappa shape index (κ1) is 17.0. The fourth-order valence-electron chi connectivity index (χ4n) is 2.90. The van der Waals surface area contributed by atoms with E-state index >= 15 is 0 Å². The molecular weight excluding hydrogens is 320 g/mol. The second-order valence-electron chi connectivity index (χ2n) is 5.94. The highest BCUT2D eigenvalue weighted by Gasteiger charge is 2.45. The summed E-state index contributed by atoms with van der Waals surface area (Å²) in [5.74, 6) is 1.46. The summed E-state index contributed by atoms with van der Waals surface area (Å²) in [6, 6.07) is 13.1. The first-order valence-corrected chi connectivity index (χ1v) is 8.06. The van der Waals surface area contributed by atoms with Gasteiger partial charge in [-0.2, -0.15) is 0 Å². The Bertz CT molecular complexity index is 732. The minimum Gasteiger partial charge on any atom is -0.493 e. The van der Waals surface area contributed by atoms with Crippen LogP contribution in [0, 0.1) is 0 Å². The van der Waals surface area contributed by atoms with E-state index in [1.54, 1.807) is 12.1 Å². The van der Waals surface area contributed by atoms with Gasteiger partial charge < -0.3 is 24.8 Å². The van der Waals surface area contributed by atoms with E-state index in [0.29, 0.717) is 22.9 Å². The van der Waals surface area contributed by atoms with Gasteiger partial charge in [-0.1, -0.05) is 30.3 Å². The van der Waals surface area contributed by atoms with E-state index in [1.165, 1.54) is 21.3 Å². The number of methoxy groups -OCH3 is 3. The van der Waals surface area contributed by atoms with Gasteiger partial charge in [-0.3, -0.25) is 0 Å². The van der Waals surface area contributed by atoms with Crippen LogP contribution in [0.15, 0.2) is 42.5 Å². The first-order valence-electron chi connectivity index (χ1n) is 8.06. The third-order valence-corrected chi connectivity index (χ3v) is 4.35. The molecule has 0 spiro atoms. The van der Waals surface area contributed by atoms with Gasteiger partial charge in [0.05, 0.1) is 32.6 Å². The predicted molar refractivity (Wildman–Crippen MR) is 95.6 cm³/mol. The fourth-order valence-corrected chi connectivity index (χ4v) is 2.90. The lowest BCUT2D eigenvalue weighted by molar-refractivity contribution is 0.247. The normalized spacial score (nSPS) is 14.4. The summed E-state index contributed by atoms with van der Waals surface area (Å²) in [6.45, 7) is 0. The predicted octanol–water partition coefficient (Wildman–Crippen LogP) is 3.52. The van der Waals surface area contributed by atoms with Crippen LogP contribution in [-0.2, 0) is 5.54 Å². The second kappa shape index (κ2) is 6.93. The number of nitrogens with one attached hydrogen (secondary N) is 2. The Kier molecular flexibility index (Phi) is 4.70. The largest absolute Gasteiger partial charge is 0.493 e. The number of amides is 2. The molecular formula is C19H22N2O4. The minimum atomic E-state index is -0.272. The molecule has 6 heteroatoms. The summed E-state index contributed by atoms with van der Waals surface area (Å²) in [7, 11) is 4.61. The smallest absolute Gasteiger partial charge is 0.319 e. The van der Waals surface area contributed by atoms with Crippen molar-refractivity contribution in [3.8, 4) is 17.2 Å². The van der Waals surface area contributed by atoms with Crippen LogP contribution in [0.2, 0.25) is 0 Å². The van der Waals surface area contributed by atoms with E-state index in [2.05, 4.69) is 10.6 Å². The van der Waals surface area contributed by atoms with Crippen molar-refractivity contribution < 1.29 is 19.0 Å². The molecule has 0 radical (unpaired) electrons. The van der Waals surface area contributed by atoms with Crippen LogP contribution in [0.5, 0.6) is 17.2 Å². The molecule has 6 nitrogen and oxygen atoms in total. The molecule has 0 heterocycles. The van der Waals surface area contributed by atoms with Crippen molar-refractivity contribution in [1.82, 2.24) is 5.32 Å². The van der Waals surface area contributed by atoms with Gasteiger partial charge in [0.15, 0.2) is 11.5 Å². The molecule has 3 rings (SSSR count). The molecule has 0 aromatic heterocycles. The molecule has 0 unspecified atom stereocenters. The summed E-state index contributed by atoms with van der Waals surface area (Å²) in [4.78, 5) is 12.5. The maximum absolute atomic E-state index is 12.5. The molecule has 0 aliphatic heterocycles. The van der Waals surface area contributed by atoms with E-state index < -0.39 is 0 Å². The van der Waals surface area contributed by atoms with Gasteiger partial charge in [0, 0.05) is 12.1 Å². The number of hydrogen-bond donors (Lipinski definition) is 2. The number of benzene rings is 2. The second-order valence-corrected chi connectivity index (χ2v) is 5.94. The zero-order valence-corrected chi connectivity index (χ0v) is 14.6. The Balaban J connectivity index is 1.75. The third-order valence-electron chi connectivity index (χ3n) is 4.35. The summed E-state index contributed by atoms with van der Waals surface area (Å²) in [6.07, 6.45) is 1.86. The molecule has 0 bridgehead atoms. The summed E-state index contributed by atoms with van der Waals surface area (Å²) in [5, 5.41) is 5.92. The zero-order valence-electron chi connectivity index (χ0n) is 14.6. The number of anilines is 1. The lowest BCUT2D eigenvalue weighted by Crippen LogP contribution is -2.38. The van der Waals surface area contributed by atoms with Crippen molar-refractivity contribution in [1.29, 1.82) is 0 Å². The summed E-state index contributed by atoms with van der Waals surface area (Å²) < 4.78 is 15.9. The Morgan fingerprint density at radius 2 is 1.56 bits per heavy atom. The van der Waals surface area contributed by atoms with Gasteiger partial charge >= 0.3 is 6.03 Å². The van der Waals surface area contributed by atoms with Gasteiger partial charge in [-0.25, -0.2) is 4.79 Å². The Morgan fingerprint density at radius 3 is 2.04 bits per heavy atom. The van der Waals surface area contributed by atoms with Crippen LogP contribution in [0.4, 0.5) is 10.5 Å². The Labute approximate surface area is 147 Å². The lowest BCUT2D eigenvalue weighted by Gasteiger charge is -2.19. The first-order chi connectivity index (χ1) is 12.1. The minimum absolute atomic E-state index is 0.268. The van der Waals surface area contributed by atoms with Crippen molar-refractivity contribution in [3.05, 3.63) is 48.0 Å². The van der Waals surface area contributed by atoms with E-state index in [9.17, 15) is 4.79 Å². The number of urea groups is 1. The average Bonchev–Trinajstić information content (AvgIpc) is 3.42. The quantitative estimate of drug-likeness (QED) is 0.843. The van der Waals surface area contributed by atoms with Crippen LogP contribution in [-0.4, -0.2) is 27.4 Å². The van der Waals surface area contributed by atoms with Crippen LogP contribution in [0.1, 0.15) is 18.4 Å². The SMILES string of the molecule is COc1cc(NC(=O)NC2(c3ccccc3)CC2)cc(OC)c1OC. The molecule has 2 aromatic rings. The van der Waals surface area contributed by atoms with Crippen LogP contribution < -0.4 is 24.8 Å². The molecule has 1 saturated carbocycles. The number of ether oxygens (including phenoxy) is 3. The Morgan fingerprint density at radius 1 is 0.960 bits per heavy atom. The van der Waals surface area contributed by atoms with Crippen molar-refractivity contribution in [2.75, 3.05) is 26.6 Å². The molecule has 1 fully saturated rings. The van der Waals surface area contributed by atoms with Gasteiger partial charge in [0.25, 0.3) is 0 Å². The summed E-state index contributed by atoms with van der Waals surface area (Å²) >= 11 is 0. The van der Waals surface area contributed by atoms with E-state index in [4.69, 9.17) is 14.2 Å². The maximum atomic E-state index is 12.5. The number of carbonyl (C=O) groups excluding carboxylic acids is 1. The zero-order chi connectivity index (χ0) is 17.9. The van der Waals surface area contributed by atoms with Crippen LogP contribution in [0.25, 0.3) is 0 Å². The van der Waals surface area contributed by atoms with Crippen molar-refractivity contribution in [2.24, 2.45) is 0 Å². The number of hydrogen-bond acceptors (Lipinski definition) is 4. The van der Waals surface area contributed by atoms with Crippen molar-refractivity contribution in [2.45, 2.75) is 18.4 Å². The van der Waals surface area contributed by atoms with Crippen molar-refractivity contribution in [3.63, 3.8) is 0 Å². The maximum Gasteiger partial charge on any atom is 0.319 e. The Hall–Kier alpha value is -2.89. The molecule has 1 aliphatic carbocycles.